The molecule has 0 aliphatic carbocycles. The van der Waals surface area contributed by atoms with E-state index in [1.54, 1.807) is 12.1 Å². The van der Waals surface area contributed by atoms with Gasteiger partial charge in [0, 0.05) is 0 Å². The van der Waals surface area contributed by atoms with Crippen molar-refractivity contribution < 1.29 is 4.52 Å². The van der Waals surface area contributed by atoms with Crippen LogP contribution in [0.2, 0.25) is 0 Å². The van der Waals surface area contributed by atoms with Crippen molar-refractivity contribution >= 4 is 23.1 Å². The van der Waals surface area contributed by atoms with Crippen molar-refractivity contribution in [1.29, 1.82) is 0 Å². The lowest BCUT2D eigenvalue weighted by molar-refractivity contribution is 0.453. The Bertz CT molecular complexity index is 788. The lowest BCUT2D eigenvalue weighted by Crippen LogP contribution is -1.91. The monoisotopic (exact) mass is 249 g/mol. The first kappa shape index (κ1) is 11.4. The molecule has 2 aromatic carbocycles. The predicted octanol–water partition coefficient (Wildman–Crippen LogP) is 3.36. The summed E-state index contributed by atoms with van der Waals surface area (Å²) >= 11 is 0. The highest BCUT2D eigenvalue weighted by Crippen LogP contribution is 2.16. The fourth-order valence-electron chi connectivity index (χ4n) is 1.88. The molecule has 1 aromatic heterocycles. The molecule has 3 aromatic rings. The molecule has 0 bridgehead atoms. The number of benzene rings is 1. The average molecular weight is 249 g/mol. The maximum Gasteiger partial charge on any atom is 0.224 e. The van der Waals surface area contributed by atoms with E-state index in [9.17, 15) is 4.79 Å². The van der Waals surface area contributed by atoms with Gasteiger partial charge in [0.2, 0.25) is 11.0 Å². The highest BCUT2D eigenvalue weighted by Gasteiger charge is 2.06. The van der Waals surface area contributed by atoms with Crippen molar-refractivity contribution in [2.45, 2.75) is 0 Å². The van der Waals surface area contributed by atoms with E-state index in [0.29, 0.717) is 5.69 Å². The molecule has 0 spiro atoms. The first-order valence-corrected chi connectivity index (χ1v) is 5.96. The van der Waals surface area contributed by atoms with Gasteiger partial charge in [0.15, 0.2) is 0 Å². The van der Waals surface area contributed by atoms with Crippen LogP contribution in [0.1, 0.15) is 11.3 Å². The van der Waals surface area contributed by atoms with Crippen LogP contribution in [0.15, 0.2) is 63.9 Å². The summed E-state index contributed by atoms with van der Waals surface area (Å²) in [4.78, 5) is 11.7. The molecule has 3 rings (SSSR count). The van der Waals surface area contributed by atoms with E-state index < -0.39 is 0 Å². The van der Waals surface area contributed by atoms with Crippen molar-refractivity contribution in [3.63, 3.8) is 0 Å². The van der Waals surface area contributed by atoms with E-state index in [1.165, 1.54) is 6.07 Å². The molecule has 0 aliphatic heterocycles. The highest BCUT2D eigenvalue weighted by atomic mass is 16.5. The molecule has 0 N–H and O–H groups in total. The zero-order valence-electron chi connectivity index (χ0n) is 10.1. The molecule has 92 valence electrons. The Labute approximate surface area is 109 Å². The zero-order valence-corrected chi connectivity index (χ0v) is 10.1. The number of hydrogen-bond donors (Lipinski definition) is 0. The molecular formula is C16H11NO2. The van der Waals surface area contributed by atoms with Crippen molar-refractivity contribution in [1.82, 2.24) is 5.16 Å². The van der Waals surface area contributed by atoms with Crippen LogP contribution in [-0.2, 0) is 0 Å². The number of fused-ring (bicyclic) bond motifs is 1. The third-order valence-electron chi connectivity index (χ3n) is 2.83. The highest BCUT2D eigenvalue weighted by molar-refractivity contribution is 5.87. The predicted molar refractivity (Wildman–Crippen MR) is 75.6 cm³/mol. The van der Waals surface area contributed by atoms with Crippen LogP contribution in [0, 0.1) is 0 Å². The van der Waals surface area contributed by atoms with Crippen LogP contribution in [0.3, 0.4) is 0 Å². The Balaban J connectivity index is 2.08. The Morgan fingerprint density at radius 3 is 2.47 bits per heavy atom. The van der Waals surface area contributed by atoms with Gasteiger partial charge in [-0.05, 0) is 23.8 Å². The third kappa shape index (κ3) is 2.31. The largest absolute Gasteiger partial charge is 0.351 e. The van der Waals surface area contributed by atoms with E-state index >= 15 is 0 Å². The Kier molecular flexibility index (Phi) is 2.94. The molecule has 3 heteroatoms. The van der Waals surface area contributed by atoms with Gasteiger partial charge >= 0.3 is 0 Å². The minimum atomic E-state index is -0.160. The van der Waals surface area contributed by atoms with Gasteiger partial charge in [-0.25, -0.2) is 0 Å². The summed E-state index contributed by atoms with van der Waals surface area (Å²) in [6.45, 7) is 0. The molecule has 0 amide bonds. The van der Waals surface area contributed by atoms with E-state index in [4.69, 9.17) is 4.52 Å². The van der Waals surface area contributed by atoms with E-state index in [-0.39, 0.29) is 11.0 Å². The molecule has 0 fully saturated rings. The van der Waals surface area contributed by atoms with Crippen LogP contribution in [-0.4, -0.2) is 5.16 Å². The van der Waals surface area contributed by atoms with Crippen molar-refractivity contribution in [3.8, 4) is 0 Å². The van der Waals surface area contributed by atoms with Gasteiger partial charge in [-0.1, -0.05) is 53.7 Å². The number of nitrogens with zero attached hydrogens (tertiary/aromatic N) is 1. The van der Waals surface area contributed by atoms with E-state index in [0.717, 1.165) is 10.9 Å². The van der Waals surface area contributed by atoms with Crippen LogP contribution in [0.4, 0.5) is 0 Å². The molecule has 0 radical (unpaired) electrons. The normalized spacial score (nSPS) is 11.2. The van der Waals surface area contributed by atoms with Gasteiger partial charge in [0.05, 0.1) is 5.39 Å². The Morgan fingerprint density at radius 1 is 0.895 bits per heavy atom. The molecular weight excluding hydrogens is 238 g/mol. The average Bonchev–Trinajstić information content (AvgIpc) is 2.76. The molecule has 0 aliphatic rings. The zero-order chi connectivity index (χ0) is 13.1. The second-order valence-corrected chi connectivity index (χ2v) is 4.14. The molecule has 3 nitrogen and oxygen atoms in total. The summed E-state index contributed by atoms with van der Waals surface area (Å²) < 4.78 is 5.11. The second kappa shape index (κ2) is 4.90. The standard InChI is InChI=1S/C16H11NO2/c18-15-9-5-4-8-13-14(17-19-16(13)15)11-10-12-6-2-1-3-7-12/h1-11H/b11-10+. The summed E-state index contributed by atoms with van der Waals surface area (Å²) in [6.07, 6.45) is 3.79. The lowest BCUT2D eigenvalue weighted by Gasteiger charge is -1.89. The van der Waals surface area contributed by atoms with Gasteiger partial charge in [-0.2, -0.15) is 0 Å². The van der Waals surface area contributed by atoms with Crippen molar-refractivity contribution in [2.24, 2.45) is 0 Å². The Hall–Kier alpha value is -2.68. The van der Waals surface area contributed by atoms with Gasteiger partial charge in [0.25, 0.3) is 0 Å². The molecule has 0 saturated carbocycles. The number of hydrogen-bond acceptors (Lipinski definition) is 3. The van der Waals surface area contributed by atoms with Gasteiger partial charge in [-0.15, -0.1) is 0 Å². The first-order chi connectivity index (χ1) is 9.34. The quantitative estimate of drug-likeness (QED) is 0.699. The molecule has 0 unspecified atom stereocenters. The second-order valence-electron chi connectivity index (χ2n) is 4.14. The minimum Gasteiger partial charge on any atom is -0.351 e. The van der Waals surface area contributed by atoms with Crippen LogP contribution >= 0.6 is 0 Å². The van der Waals surface area contributed by atoms with Crippen LogP contribution < -0.4 is 5.43 Å². The summed E-state index contributed by atoms with van der Waals surface area (Å²) in [6, 6.07) is 16.7. The smallest absolute Gasteiger partial charge is 0.224 e. The van der Waals surface area contributed by atoms with Crippen LogP contribution in [0.5, 0.6) is 0 Å². The fraction of sp³-hybridized carbons (Fsp3) is 0. The third-order valence-corrected chi connectivity index (χ3v) is 2.83. The summed E-state index contributed by atoms with van der Waals surface area (Å²) in [5.41, 5.74) is 1.86. The van der Waals surface area contributed by atoms with Gasteiger partial charge in [0.1, 0.15) is 5.69 Å². The lowest BCUT2D eigenvalue weighted by atomic mass is 10.2. The van der Waals surface area contributed by atoms with Crippen molar-refractivity contribution in [3.05, 3.63) is 76.1 Å². The summed E-state index contributed by atoms with van der Waals surface area (Å²) in [5.74, 6) is 0. The molecule has 19 heavy (non-hydrogen) atoms. The van der Waals surface area contributed by atoms with Gasteiger partial charge in [-0.3, -0.25) is 4.79 Å². The van der Waals surface area contributed by atoms with E-state index in [2.05, 4.69) is 5.16 Å². The topological polar surface area (TPSA) is 43.1 Å². The summed E-state index contributed by atoms with van der Waals surface area (Å²) in [5, 5.41) is 4.66. The van der Waals surface area contributed by atoms with E-state index in [1.807, 2.05) is 48.6 Å². The SMILES string of the molecule is O=c1ccccc2c(/C=C/c3ccccc3)noc12. The molecule has 0 saturated heterocycles. The molecule has 1 heterocycles. The Morgan fingerprint density at radius 2 is 1.63 bits per heavy atom. The fourth-order valence-corrected chi connectivity index (χ4v) is 1.88. The van der Waals surface area contributed by atoms with Gasteiger partial charge < -0.3 is 4.52 Å². The number of aromatic nitrogens is 1. The first-order valence-electron chi connectivity index (χ1n) is 5.96. The number of rotatable bonds is 2. The maximum atomic E-state index is 11.7. The minimum absolute atomic E-state index is 0.160. The molecule has 0 atom stereocenters. The van der Waals surface area contributed by atoms with Crippen LogP contribution in [0.25, 0.3) is 23.1 Å². The van der Waals surface area contributed by atoms with Crippen molar-refractivity contribution in [2.75, 3.05) is 0 Å². The maximum absolute atomic E-state index is 11.7. The summed E-state index contributed by atoms with van der Waals surface area (Å²) in [7, 11) is 0.